The summed E-state index contributed by atoms with van der Waals surface area (Å²) in [6, 6.07) is 9.66. The van der Waals surface area contributed by atoms with E-state index in [-0.39, 0.29) is 24.0 Å². The van der Waals surface area contributed by atoms with Gasteiger partial charge in [-0.05, 0) is 38.8 Å². The van der Waals surface area contributed by atoms with Crippen molar-refractivity contribution in [3.63, 3.8) is 0 Å². The highest BCUT2D eigenvalue weighted by atomic mass is 16.2. The first-order valence-electron chi connectivity index (χ1n) is 8.06. The van der Waals surface area contributed by atoms with E-state index in [1.54, 1.807) is 0 Å². The number of aryl methyl sites for hydroxylation is 1. The normalized spacial score (nSPS) is 13.8. The van der Waals surface area contributed by atoms with Gasteiger partial charge < -0.3 is 5.32 Å². The van der Waals surface area contributed by atoms with E-state index >= 15 is 0 Å². The monoisotopic (exact) mass is 314 g/mol. The lowest BCUT2D eigenvalue weighted by Gasteiger charge is -2.24. The van der Waals surface area contributed by atoms with Gasteiger partial charge in [-0.25, -0.2) is 0 Å². The third-order valence-electron chi connectivity index (χ3n) is 3.50. The summed E-state index contributed by atoms with van der Waals surface area (Å²) in [6.45, 7) is 8.73. The molecule has 5 nitrogen and oxygen atoms in total. The van der Waals surface area contributed by atoms with Crippen molar-refractivity contribution in [1.29, 1.82) is 0 Å². The van der Waals surface area contributed by atoms with Gasteiger partial charge in [0.1, 0.15) is 6.04 Å². The maximum Gasteiger partial charge on any atom is 0.241 e. The average molecular weight is 314 g/mol. The molecule has 0 aliphatic carbocycles. The van der Waals surface area contributed by atoms with Crippen LogP contribution in [0.3, 0.4) is 0 Å². The van der Waals surface area contributed by atoms with Crippen LogP contribution in [0.15, 0.2) is 42.7 Å². The fraction of sp³-hybridized carbons (Fsp3) is 0.444. The summed E-state index contributed by atoms with van der Waals surface area (Å²) in [5.41, 5.74) is 2.10. The zero-order chi connectivity index (χ0) is 16.8. The number of amides is 1. The molecule has 2 unspecified atom stereocenters. The van der Waals surface area contributed by atoms with Crippen LogP contribution in [0.2, 0.25) is 0 Å². The van der Waals surface area contributed by atoms with Crippen molar-refractivity contribution >= 4 is 5.91 Å². The van der Waals surface area contributed by atoms with Gasteiger partial charge in [-0.15, -0.1) is 0 Å². The van der Waals surface area contributed by atoms with Gasteiger partial charge in [0, 0.05) is 18.3 Å². The third-order valence-corrected chi connectivity index (χ3v) is 3.50. The molecule has 2 atom stereocenters. The Morgan fingerprint density at radius 1 is 1.22 bits per heavy atom. The SMILES string of the molecule is Cc1cnn(CC(C)NC(C(=O)NC(C)C)c2ccccc2)c1. The summed E-state index contributed by atoms with van der Waals surface area (Å²) in [6.07, 6.45) is 3.84. The molecule has 2 rings (SSSR count). The van der Waals surface area contributed by atoms with Gasteiger partial charge in [-0.1, -0.05) is 30.3 Å². The topological polar surface area (TPSA) is 59.0 Å². The molecule has 5 heteroatoms. The number of carbonyl (C=O) groups is 1. The molecule has 0 radical (unpaired) electrons. The van der Waals surface area contributed by atoms with Crippen LogP contribution in [0.1, 0.15) is 37.9 Å². The molecule has 0 aliphatic heterocycles. The molecule has 0 spiro atoms. The Kier molecular flexibility index (Phi) is 5.93. The van der Waals surface area contributed by atoms with Gasteiger partial charge >= 0.3 is 0 Å². The van der Waals surface area contributed by atoms with Crippen LogP contribution < -0.4 is 10.6 Å². The standard InChI is InChI=1S/C18H26N4O/c1-13(2)20-18(23)17(16-8-6-5-7-9-16)21-15(4)12-22-11-14(3)10-19-22/h5-11,13,15,17,21H,12H2,1-4H3,(H,20,23). The second-order valence-corrected chi connectivity index (χ2v) is 6.31. The second kappa shape index (κ2) is 7.92. The van der Waals surface area contributed by atoms with E-state index in [1.165, 1.54) is 0 Å². The Balaban J connectivity index is 2.09. The lowest BCUT2D eigenvalue weighted by Crippen LogP contribution is -2.44. The van der Waals surface area contributed by atoms with Gasteiger partial charge in [-0.2, -0.15) is 5.10 Å². The van der Waals surface area contributed by atoms with Crippen LogP contribution in [-0.2, 0) is 11.3 Å². The lowest BCUT2D eigenvalue weighted by molar-refractivity contribution is -0.124. The first-order valence-corrected chi connectivity index (χ1v) is 8.06. The maximum atomic E-state index is 12.6. The minimum absolute atomic E-state index is 0.00491. The number of hydrogen-bond donors (Lipinski definition) is 2. The highest BCUT2D eigenvalue weighted by molar-refractivity contribution is 5.83. The van der Waals surface area contributed by atoms with Crippen molar-refractivity contribution < 1.29 is 4.79 Å². The van der Waals surface area contributed by atoms with Gasteiger partial charge in [-0.3, -0.25) is 14.8 Å². The lowest BCUT2D eigenvalue weighted by atomic mass is 10.0. The molecule has 124 valence electrons. The first-order chi connectivity index (χ1) is 11.0. The minimum Gasteiger partial charge on any atom is -0.352 e. The second-order valence-electron chi connectivity index (χ2n) is 6.31. The zero-order valence-corrected chi connectivity index (χ0v) is 14.3. The molecule has 2 N–H and O–H groups in total. The number of nitrogens with zero attached hydrogens (tertiary/aromatic N) is 2. The van der Waals surface area contributed by atoms with Crippen molar-refractivity contribution in [2.24, 2.45) is 0 Å². The molecule has 0 fully saturated rings. The predicted molar refractivity (Wildman–Crippen MR) is 92.0 cm³/mol. The third kappa shape index (κ3) is 5.21. The number of carbonyl (C=O) groups excluding carboxylic acids is 1. The van der Waals surface area contributed by atoms with Crippen LogP contribution in [0, 0.1) is 6.92 Å². The number of benzene rings is 1. The number of nitrogens with one attached hydrogen (secondary N) is 2. The van der Waals surface area contributed by atoms with Gasteiger partial charge in [0.15, 0.2) is 0 Å². The van der Waals surface area contributed by atoms with E-state index in [1.807, 2.05) is 68.2 Å². The van der Waals surface area contributed by atoms with E-state index < -0.39 is 0 Å². The summed E-state index contributed by atoms with van der Waals surface area (Å²) in [7, 11) is 0. The first kappa shape index (κ1) is 17.2. The largest absolute Gasteiger partial charge is 0.352 e. The van der Waals surface area contributed by atoms with Crippen LogP contribution >= 0.6 is 0 Å². The molecule has 1 heterocycles. The molecule has 1 aromatic carbocycles. The van der Waals surface area contributed by atoms with Crippen LogP contribution in [0.5, 0.6) is 0 Å². The quantitative estimate of drug-likeness (QED) is 0.825. The van der Waals surface area contributed by atoms with Crippen LogP contribution in [-0.4, -0.2) is 27.8 Å². The summed E-state index contributed by atoms with van der Waals surface area (Å²) in [4.78, 5) is 12.6. The summed E-state index contributed by atoms with van der Waals surface area (Å²) < 4.78 is 1.90. The molecule has 2 aromatic rings. The van der Waals surface area contributed by atoms with Crippen molar-refractivity contribution in [2.45, 2.75) is 52.4 Å². The highest BCUT2D eigenvalue weighted by Crippen LogP contribution is 2.14. The van der Waals surface area contributed by atoms with E-state index in [9.17, 15) is 4.79 Å². The van der Waals surface area contributed by atoms with Gasteiger partial charge in [0.25, 0.3) is 0 Å². The zero-order valence-electron chi connectivity index (χ0n) is 14.3. The predicted octanol–water partition coefficient (Wildman–Crippen LogP) is 2.44. The Hall–Kier alpha value is -2.14. The average Bonchev–Trinajstić information content (AvgIpc) is 2.90. The van der Waals surface area contributed by atoms with Crippen molar-refractivity contribution in [1.82, 2.24) is 20.4 Å². The van der Waals surface area contributed by atoms with Gasteiger partial charge in [0.2, 0.25) is 5.91 Å². The van der Waals surface area contributed by atoms with Gasteiger partial charge in [0.05, 0.1) is 12.7 Å². The van der Waals surface area contributed by atoms with E-state index in [0.29, 0.717) is 6.54 Å². The van der Waals surface area contributed by atoms with E-state index in [2.05, 4.69) is 22.7 Å². The smallest absolute Gasteiger partial charge is 0.241 e. The summed E-state index contributed by atoms with van der Waals surface area (Å²) >= 11 is 0. The minimum atomic E-state index is -0.370. The molecule has 1 aromatic heterocycles. The van der Waals surface area contributed by atoms with Crippen molar-refractivity contribution in [3.8, 4) is 0 Å². The van der Waals surface area contributed by atoms with Crippen molar-refractivity contribution in [2.75, 3.05) is 0 Å². The highest BCUT2D eigenvalue weighted by Gasteiger charge is 2.22. The Morgan fingerprint density at radius 2 is 1.91 bits per heavy atom. The van der Waals surface area contributed by atoms with Crippen LogP contribution in [0.25, 0.3) is 0 Å². The van der Waals surface area contributed by atoms with E-state index in [4.69, 9.17) is 0 Å². The Bertz CT molecular complexity index is 621. The number of rotatable bonds is 7. The molecule has 0 saturated heterocycles. The molecule has 0 saturated carbocycles. The Morgan fingerprint density at radius 3 is 2.48 bits per heavy atom. The molecule has 23 heavy (non-hydrogen) atoms. The summed E-state index contributed by atoms with van der Waals surface area (Å²) in [5.74, 6) is -0.00491. The van der Waals surface area contributed by atoms with Crippen molar-refractivity contribution in [3.05, 3.63) is 53.9 Å². The fourth-order valence-corrected chi connectivity index (χ4v) is 2.52. The Labute approximate surface area is 138 Å². The number of hydrogen-bond acceptors (Lipinski definition) is 3. The maximum absolute atomic E-state index is 12.6. The molecule has 1 amide bonds. The molecular formula is C18H26N4O. The molecule has 0 aliphatic rings. The molecular weight excluding hydrogens is 288 g/mol. The number of aromatic nitrogens is 2. The molecule has 0 bridgehead atoms. The van der Waals surface area contributed by atoms with E-state index in [0.717, 1.165) is 11.1 Å². The fourth-order valence-electron chi connectivity index (χ4n) is 2.52. The summed E-state index contributed by atoms with van der Waals surface area (Å²) in [5, 5.41) is 10.7. The van der Waals surface area contributed by atoms with Crippen LogP contribution in [0.4, 0.5) is 0 Å².